The van der Waals surface area contributed by atoms with Gasteiger partial charge in [0.25, 0.3) is 0 Å². The van der Waals surface area contributed by atoms with E-state index < -0.39 is 0 Å². The SMILES string of the molecule is NC(=NO)c1ccc(-n2ccc(C3CC3)n2)c(Cl)c1. The van der Waals surface area contributed by atoms with Gasteiger partial charge in [0.2, 0.25) is 0 Å². The summed E-state index contributed by atoms with van der Waals surface area (Å²) in [5.74, 6) is 0.643. The number of benzene rings is 1. The minimum Gasteiger partial charge on any atom is -0.409 e. The summed E-state index contributed by atoms with van der Waals surface area (Å²) in [4.78, 5) is 0. The molecule has 1 heterocycles. The predicted octanol–water partition coefficient (Wildman–Crippen LogP) is 2.50. The van der Waals surface area contributed by atoms with E-state index in [1.807, 2.05) is 12.3 Å². The Kier molecular flexibility index (Phi) is 2.91. The van der Waals surface area contributed by atoms with Crippen molar-refractivity contribution in [2.24, 2.45) is 10.9 Å². The van der Waals surface area contributed by atoms with Gasteiger partial charge in [0, 0.05) is 17.7 Å². The Morgan fingerprint density at radius 3 is 2.84 bits per heavy atom. The molecule has 0 saturated heterocycles. The number of oxime groups is 1. The van der Waals surface area contributed by atoms with E-state index in [-0.39, 0.29) is 5.84 Å². The van der Waals surface area contributed by atoms with Crippen molar-refractivity contribution >= 4 is 17.4 Å². The van der Waals surface area contributed by atoms with Crippen LogP contribution < -0.4 is 5.73 Å². The second-order valence-electron chi connectivity index (χ2n) is 4.61. The molecule has 3 rings (SSSR count). The number of halogens is 1. The molecular formula is C13H13ClN4O. The molecule has 6 heteroatoms. The van der Waals surface area contributed by atoms with E-state index in [1.54, 1.807) is 22.9 Å². The van der Waals surface area contributed by atoms with Crippen LogP contribution in [0.3, 0.4) is 0 Å². The second kappa shape index (κ2) is 4.59. The van der Waals surface area contributed by atoms with E-state index >= 15 is 0 Å². The third-order valence-electron chi connectivity index (χ3n) is 3.20. The van der Waals surface area contributed by atoms with Crippen molar-refractivity contribution in [3.63, 3.8) is 0 Å². The van der Waals surface area contributed by atoms with Crippen molar-refractivity contribution in [3.05, 3.63) is 46.7 Å². The molecule has 0 radical (unpaired) electrons. The van der Waals surface area contributed by atoms with Crippen LogP contribution in [0.4, 0.5) is 0 Å². The predicted molar refractivity (Wildman–Crippen MR) is 73.1 cm³/mol. The normalized spacial score (nSPS) is 15.7. The molecule has 0 amide bonds. The number of hydrogen-bond donors (Lipinski definition) is 2. The van der Waals surface area contributed by atoms with Gasteiger partial charge in [0.05, 0.1) is 16.4 Å². The molecule has 0 atom stereocenters. The highest BCUT2D eigenvalue weighted by Gasteiger charge is 2.26. The van der Waals surface area contributed by atoms with Crippen molar-refractivity contribution in [1.82, 2.24) is 9.78 Å². The molecule has 1 aromatic carbocycles. The smallest absolute Gasteiger partial charge is 0.170 e. The number of nitrogens with zero attached hydrogens (tertiary/aromatic N) is 3. The maximum Gasteiger partial charge on any atom is 0.170 e. The molecule has 3 N–H and O–H groups in total. The van der Waals surface area contributed by atoms with Gasteiger partial charge in [-0.15, -0.1) is 0 Å². The summed E-state index contributed by atoms with van der Waals surface area (Å²) >= 11 is 6.22. The Morgan fingerprint density at radius 2 is 2.21 bits per heavy atom. The molecule has 0 spiro atoms. The lowest BCUT2D eigenvalue weighted by Crippen LogP contribution is -2.13. The van der Waals surface area contributed by atoms with Crippen LogP contribution in [-0.4, -0.2) is 20.8 Å². The number of amidine groups is 1. The Bertz CT molecular complexity index is 646. The minimum absolute atomic E-state index is 0.0348. The van der Waals surface area contributed by atoms with Crippen LogP contribution in [0.2, 0.25) is 5.02 Å². The molecule has 0 aliphatic heterocycles. The first-order valence-electron chi connectivity index (χ1n) is 6.02. The standard InChI is InChI=1S/C13H13ClN4O/c14-10-7-9(13(15)17-19)3-4-12(10)18-6-5-11(16-18)8-1-2-8/h3-8,19H,1-2H2,(H2,15,17). The Morgan fingerprint density at radius 1 is 1.42 bits per heavy atom. The van der Waals surface area contributed by atoms with E-state index in [2.05, 4.69) is 10.3 Å². The van der Waals surface area contributed by atoms with Crippen LogP contribution in [0.5, 0.6) is 0 Å². The molecule has 1 fully saturated rings. The number of aromatic nitrogens is 2. The first-order valence-corrected chi connectivity index (χ1v) is 6.40. The molecule has 1 aliphatic rings. The summed E-state index contributed by atoms with van der Waals surface area (Å²) in [6.45, 7) is 0. The van der Waals surface area contributed by atoms with Gasteiger partial charge >= 0.3 is 0 Å². The van der Waals surface area contributed by atoms with Crippen molar-refractivity contribution in [2.75, 3.05) is 0 Å². The van der Waals surface area contributed by atoms with E-state index in [0.29, 0.717) is 16.5 Å². The van der Waals surface area contributed by atoms with Gasteiger partial charge in [-0.3, -0.25) is 0 Å². The highest BCUT2D eigenvalue weighted by Crippen LogP contribution is 2.39. The highest BCUT2D eigenvalue weighted by atomic mass is 35.5. The molecule has 0 unspecified atom stereocenters. The molecule has 2 aromatic rings. The van der Waals surface area contributed by atoms with Gasteiger partial charge in [-0.25, -0.2) is 4.68 Å². The first kappa shape index (κ1) is 12.0. The molecule has 1 saturated carbocycles. The zero-order valence-corrected chi connectivity index (χ0v) is 10.9. The topological polar surface area (TPSA) is 76.4 Å². The monoisotopic (exact) mass is 276 g/mol. The third-order valence-corrected chi connectivity index (χ3v) is 3.51. The summed E-state index contributed by atoms with van der Waals surface area (Å²) in [5, 5.41) is 16.6. The van der Waals surface area contributed by atoms with Crippen molar-refractivity contribution < 1.29 is 5.21 Å². The Hall–Kier alpha value is -2.01. The lowest BCUT2D eigenvalue weighted by atomic mass is 10.2. The van der Waals surface area contributed by atoms with Crippen LogP contribution in [0.1, 0.15) is 30.0 Å². The quantitative estimate of drug-likeness (QED) is 0.391. The zero-order valence-electron chi connectivity index (χ0n) is 10.1. The fourth-order valence-electron chi connectivity index (χ4n) is 1.98. The second-order valence-corrected chi connectivity index (χ2v) is 5.02. The minimum atomic E-state index is 0.0348. The maximum atomic E-state index is 8.64. The van der Waals surface area contributed by atoms with Crippen molar-refractivity contribution in [1.29, 1.82) is 0 Å². The van der Waals surface area contributed by atoms with E-state index in [9.17, 15) is 0 Å². The maximum absolute atomic E-state index is 8.64. The van der Waals surface area contributed by atoms with Gasteiger partial charge in [0.15, 0.2) is 5.84 Å². The van der Waals surface area contributed by atoms with Crippen LogP contribution in [0, 0.1) is 0 Å². The summed E-state index contributed by atoms with van der Waals surface area (Å²) in [6.07, 6.45) is 4.33. The molecule has 19 heavy (non-hydrogen) atoms. The summed E-state index contributed by atoms with van der Waals surface area (Å²) < 4.78 is 1.76. The van der Waals surface area contributed by atoms with E-state index in [1.165, 1.54) is 12.8 Å². The average molecular weight is 277 g/mol. The van der Waals surface area contributed by atoms with Crippen molar-refractivity contribution in [3.8, 4) is 5.69 Å². The molecule has 0 bridgehead atoms. The van der Waals surface area contributed by atoms with Gasteiger partial charge in [0.1, 0.15) is 0 Å². The summed E-state index contributed by atoms with van der Waals surface area (Å²) in [5.41, 5.74) is 7.99. The average Bonchev–Trinajstić information content (AvgIpc) is 3.16. The number of hydrogen-bond acceptors (Lipinski definition) is 3. The largest absolute Gasteiger partial charge is 0.409 e. The summed E-state index contributed by atoms with van der Waals surface area (Å²) in [7, 11) is 0. The van der Waals surface area contributed by atoms with Crippen LogP contribution >= 0.6 is 11.6 Å². The number of rotatable bonds is 3. The van der Waals surface area contributed by atoms with Crippen LogP contribution in [0.15, 0.2) is 35.6 Å². The first-order chi connectivity index (χ1) is 9.19. The molecule has 1 aliphatic carbocycles. The lowest BCUT2D eigenvalue weighted by Gasteiger charge is -2.06. The fraction of sp³-hybridized carbons (Fsp3) is 0.231. The van der Waals surface area contributed by atoms with Gasteiger partial charge in [-0.05, 0) is 37.1 Å². The number of nitrogens with two attached hydrogens (primary N) is 1. The van der Waals surface area contributed by atoms with E-state index in [0.717, 1.165) is 11.4 Å². The molecule has 98 valence electrons. The summed E-state index contributed by atoms with van der Waals surface area (Å²) in [6, 6.07) is 7.23. The molecule has 1 aromatic heterocycles. The fourth-order valence-corrected chi connectivity index (χ4v) is 2.25. The highest BCUT2D eigenvalue weighted by molar-refractivity contribution is 6.32. The van der Waals surface area contributed by atoms with Crippen LogP contribution in [-0.2, 0) is 0 Å². The molecule has 5 nitrogen and oxygen atoms in total. The van der Waals surface area contributed by atoms with Crippen molar-refractivity contribution in [2.45, 2.75) is 18.8 Å². The lowest BCUT2D eigenvalue weighted by molar-refractivity contribution is 0.318. The van der Waals surface area contributed by atoms with Gasteiger partial charge in [-0.2, -0.15) is 5.10 Å². The van der Waals surface area contributed by atoms with E-state index in [4.69, 9.17) is 22.5 Å². The third kappa shape index (κ3) is 2.29. The zero-order chi connectivity index (χ0) is 13.4. The Labute approximate surface area is 115 Å². The van der Waals surface area contributed by atoms with Crippen LogP contribution in [0.25, 0.3) is 5.69 Å². The van der Waals surface area contributed by atoms with Gasteiger partial charge in [-0.1, -0.05) is 16.8 Å². The molecular weight excluding hydrogens is 264 g/mol. The Balaban J connectivity index is 1.95. The van der Waals surface area contributed by atoms with Gasteiger partial charge < -0.3 is 10.9 Å².